The van der Waals surface area contributed by atoms with Gasteiger partial charge in [0, 0.05) is 6.21 Å². The molecular weight excluding hydrogens is 248 g/mol. The molecule has 0 aliphatic carbocycles. The third-order valence-electron chi connectivity index (χ3n) is 2.65. The number of amides is 1. The molecule has 0 saturated carbocycles. The summed E-state index contributed by atoms with van der Waals surface area (Å²) in [5.41, 5.74) is -0.137. The third-order valence-corrected chi connectivity index (χ3v) is 2.65. The summed E-state index contributed by atoms with van der Waals surface area (Å²) in [6.07, 6.45) is 0.871. The second-order valence-electron chi connectivity index (χ2n) is 5.49. The molecule has 0 aromatic rings. The number of hydrogen-bond acceptors (Lipinski definition) is 4. The number of ketones is 1. The summed E-state index contributed by atoms with van der Waals surface area (Å²) in [6, 6.07) is 0. The fourth-order valence-corrected chi connectivity index (χ4v) is 1.86. The molecule has 2 aliphatic rings. The van der Waals surface area contributed by atoms with Crippen molar-refractivity contribution in [3.63, 3.8) is 0 Å². The van der Waals surface area contributed by atoms with Crippen LogP contribution in [0.5, 0.6) is 0 Å². The van der Waals surface area contributed by atoms with Gasteiger partial charge in [-0.1, -0.05) is 0 Å². The minimum atomic E-state index is -0.612. The first kappa shape index (κ1) is 13.4. The smallest absolute Gasteiger partial charge is 0.411 e. The summed E-state index contributed by atoms with van der Waals surface area (Å²) in [7, 11) is 0. The summed E-state index contributed by atoms with van der Waals surface area (Å²) in [6.45, 7) is 5.47. The largest absolute Gasteiger partial charge is 0.444 e. The minimum Gasteiger partial charge on any atom is -0.444 e. The standard InChI is InChI=1S/C12H16N4O3/c1-12(2,3)19-11(18)16-5-8-7(9(17)6-16)4-14-10(13)15-8/h4,7,13H,5-6H2,1-3H3. The van der Waals surface area contributed by atoms with Gasteiger partial charge in [0.25, 0.3) is 0 Å². The number of Topliss-reactive ketones (excluding diaryl/α,β-unsaturated/α-hetero) is 1. The lowest BCUT2D eigenvalue weighted by atomic mass is 9.94. The summed E-state index contributed by atoms with van der Waals surface area (Å²) < 4.78 is 5.22. The molecule has 0 radical (unpaired) electrons. The normalized spacial score (nSPS) is 23.0. The van der Waals surface area contributed by atoms with Gasteiger partial charge in [-0.05, 0) is 20.8 Å². The number of nitrogens with zero attached hydrogens (tertiary/aromatic N) is 3. The van der Waals surface area contributed by atoms with E-state index in [4.69, 9.17) is 10.1 Å². The Labute approximate surface area is 110 Å². The molecule has 0 spiro atoms. The lowest BCUT2D eigenvalue weighted by Crippen LogP contribution is -2.52. The van der Waals surface area contributed by atoms with E-state index in [1.807, 2.05) is 0 Å². The van der Waals surface area contributed by atoms with Crippen LogP contribution in [0.2, 0.25) is 0 Å². The highest BCUT2D eigenvalue weighted by Crippen LogP contribution is 2.17. The van der Waals surface area contributed by atoms with Crippen molar-refractivity contribution in [1.29, 1.82) is 5.41 Å². The zero-order valence-electron chi connectivity index (χ0n) is 11.1. The molecule has 1 unspecified atom stereocenters. The molecule has 2 aliphatic heterocycles. The Kier molecular flexibility index (Phi) is 3.21. The maximum atomic E-state index is 11.9. The SMILES string of the molecule is CC(C)(C)OC(=O)N1CC(=O)C2C=NC(=N)N=C2C1. The van der Waals surface area contributed by atoms with Crippen LogP contribution in [-0.4, -0.2) is 53.4 Å². The van der Waals surface area contributed by atoms with Crippen molar-refractivity contribution < 1.29 is 14.3 Å². The average Bonchev–Trinajstić information content (AvgIpc) is 2.25. The Morgan fingerprint density at radius 2 is 2.16 bits per heavy atom. The molecule has 1 atom stereocenters. The zero-order valence-corrected chi connectivity index (χ0v) is 11.1. The number of likely N-dealkylation sites (tertiary alicyclic amines) is 1. The van der Waals surface area contributed by atoms with Crippen molar-refractivity contribution in [3.8, 4) is 0 Å². The van der Waals surface area contributed by atoms with Crippen LogP contribution in [-0.2, 0) is 9.53 Å². The minimum absolute atomic E-state index is 0.0159. The van der Waals surface area contributed by atoms with Crippen LogP contribution in [0.3, 0.4) is 0 Å². The van der Waals surface area contributed by atoms with Crippen molar-refractivity contribution in [2.75, 3.05) is 13.1 Å². The Hall–Kier alpha value is -2.05. The van der Waals surface area contributed by atoms with Gasteiger partial charge in [-0.25, -0.2) is 14.8 Å². The molecule has 0 aromatic heterocycles. The van der Waals surface area contributed by atoms with E-state index < -0.39 is 17.6 Å². The number of fused-ring (bicyclic) bond motifs is 1. The number of nitrogens with one attached hydrogen (secondary N) is 1. The quantitative estimate of drug-likeness (QED) is 0.703. The van der Waals surface area contributed by atoms with Crippen LogP contribution in [0.4, 0.5) is 4.79 Å². The van der Waals surface area contributed by atoms with Crippen LogP contribution in [0.15, 0.2) is 9.98 Å². The predicted molar refractivity (Wildman–Crippen MR) is 70.0 cm³/mol. The van der Waals surface area contributed by atoms with Gasteiger partial charge >= 0.3 is 6.09 Å². The molecule has 0 aromatic carbocycles. The Bertz CT molecular complexity index is 502. The average molecular weight is 264 g/mol. The predicted octanol–water partition coefficient (Wildman–Crippen LogP) is 0.883. The molecule has 2 rings (SSSR count). The van der Waals surface area contributed by atoms with E-state index in [-0.39, 0.29) is 24.8 Å². The maximum Gasteiger partial charge on any atom is 0.411 e. The van der Waals surface area contributed by atoms with Gasteiger partial charge in [0.2, 0.25) is 5.96 Å². The molecule has 102 valence electrons. The zero-order chi connectivity index (χ0) is 14.2. The molecule has 19 heavy (non-hydrogen) atoms. The van der Waals surface area contributed by atoms with E-state index in [1.54, 1.807) is 20.8 Å². The molecular formula is C12H16N4O3. The van der Waals surface area contributed by atoms with Crippen molar-refractivity contribution in [2.24, 2.45) is 15.9 Å². The molecule has 7 nitrogen and oxygen atoms in total. The maximum absolute atomic E-state index is 11.9. The van der Waals surface area contributed by atoms with Gasteiger partial charge < -0.3 is 4.74 Å². The Morgan fingerprint density at radius 1 is 1.47 bits per heavy atom. The number of aliphatic imine (C=N–C) groups is 2. The highest BCUT2D eigenvalue weighted by atomic mass is 16.6. The van der Waals surface area contributed by atoms with Gasteiger partial charge in [0.1, 0.15) is 5.60 Å². The lowest BCUT2D eigenvalue weighted by Gasteiger charge is -2.33. The van der Waals surface area contributed by atoms with Crippen molar-refractivity contribution in [3.05, 3.63) is 0 Å². The Morgan fingerprint density at radius 3 is 2.79 bits per heavy atom. The van der Waals surface area contributed by atoms with Crippen LogP contribution >= 0.6 is 0 Å². The molecule has 2 heterocycles. The summed E-state index contributed by atoms with van der Waals surface area (Å²) in [5.74, 6) is -0.815. The fourth-order valence-electron chi connectivity index (χ4n) is 1.86. The monoisotopic (exact) mass is 264 g/mol. The molecule has 7 heteroatoms. The first-order valence-electron chi connectivity index (χ1n) is 5.97. The lowest BCUT2D eigenvalue weighted by molar-refractivity contribution is -0.121. The fraction of sp³-hybridized carbons (Fsp3) is 0.583. The van der Waals surface area contributed by atoms with Crippen LogP contribution in [0.1, 0.15) is 20.8 Å². The number of carbonyl (C=O) groups excluding carboxylic acids is 2. The summed E-state index contributed by atoms with van der Waals surface area (Å²) >= 11 is 0. The number of carbonyl (C=O) groups is 2. The van der Waals surface area contributed by atoms with E-state index in [0.29, 0.717) is 5.71 Å². The van der Waals surface area contributed by atoms with Gasteiger partial charge in [0.15, 0.2) is 5.78 Å². The van der Waals surface area contributed by atoms with Crippen LogP contribution < -0.4 is 0 Å². The van der Waals surface area contributed by atoms with E-state index in [1.165, 1.54) is 11.1 Å². The second kappa shape index (κ2) is 4.56. The first-order chi connectivity index (χ1) is 8.76. The highest BCUT2D eigenvalue weighted by molar-refractivity contribution is 6.25. The molecule has 1 fully saturated rings. The topological polar surface area (TPSA) is 95.2 Å². The molecule has 1 N–H and O–H groups in total. The third kappa shape index (κ3) is 3.04. The molecule has 1 amide bonds. The van der Waals surface area contributed by atoms with E-state index in [9.17, 15) is 9.59 Å². The van der Waals surface area contributed by atoms with E-state index in [2.05, 4.69) is 9.98 Å². The van der Waals surface area contributed by atoms with E-state index >= 15 is 0 Å². The first-order valence-corrected chi connectivity index (χ1v) is 5.97. The second-order valence-corrected chi connectivity index (χ2v) is 5.49. The number of ether oxygens (including phenoxy) is 1. The van der Waals surface area contributed by atoms with Crippen LogP contribution in [0.25, 0.3) is 0 Å². The number of rotatable bonds is 0. The van der Waals surface area contributed by atoms with Crippen LogP contribution in [0, 0.1) is 11.3 Å². The molecule has 0 bridgehead atoms. The number of guanidine groups is 1. The van der Waals surface area contributed by atoms with Crippen molar-refractivity contribution in [2.45, 2.75) is 26.4 Å². The number of hydrogen-bond donors (Lipinski definition) is 1. The summed E-state index contributed by atoms with van der Waals surface area (Å²) in [5, 5.41) is 7.36. The Balaban J connectivity index is 2.13. The van der Waals surface area contributed by atoms with Gasteiger partial charge in [-0.2, -0.15) is 0 Å². The molecule has 1 saturated heterocycles. The van der Waals surface area contributed by atoms with E-state index in [0.717, 1.165) is 0 Å². The summed E-state index contributed by atoms with van der Waals surface area (Å²) in [4.78, 5) is 32.8. The van der Waals surface area contributed by atoms with Gasteiger partial charge in [-0.15, -0.1) is 0 Å². The van der Waals surface area contributed by atoms with Gasteiger partial charge in [0.05, 0.1) is 24.7 Å². The van der Waals surface area contributed by atoms with Crippen molar-refractivity contribution >= 4 is 29.8 Å². The van der Waals surface area contributed by atoms with Gasteiger partial charge in [-0.3, -0.25) is 15.1 Å². The van der Waals surface area contributed by atoms with Crippen molar-refractivity contribution in [1.82, 2.24) is 4.90 Å². The number of piperidine rings is 1. The highest BCUT2D eigenvalue weighted by Gasteiger charge is 2.36.